The summed E-state index contributed by atoms with van der Waals surface area (Å²) < 4.78 is 5.64. The van der Waals surface area contributed by atoms with E-state index in [2.05, 4.69) is 18.3 Å². The maximum Gasteiger partial charge on any atom is 0.0494 e. The van der Waals surface area contributed by atoms with E-state index in [1.54, 1.807) is 0 Å². The Hall–Kier alpha value is -0.570. The lowest BCUT2D eigenvalue weighted by Crippen LogP contribution is -2.23. The van der Waals surface area contributed by atoms with Gasteiger partial charge in [0, 0.05) is 24.3 Å². The molecule has 0 radical (unpaired) electrons. The van der Waals surface area contributed by atoms with Crippen LogP contribution in [0.15, 0.2) is 24.3 Å². The maximum atomic E-state index is 6.04. The van der Waals surface area contributed by atoms with Crippen molar-refractivity contribution >= 4 is 11.6 Å². The van der Waals surface area contributed by atoms with Gasteiger partial charge < -0.3 is 10.1 Å². The van der Waals surface area contributed by atoms with E-state index in [1.165, 1.54) is 18.4 Å². The molecule has 106 valence electrons. The number of rotatable bonds is 9. The number of nitrogens with one attached hydrogen (secondary N) is 1. The first-order valence-electron chi connectivity index (χ1n) is 7.36. The zero-order valence-electron chi connectivity index (χ0n) is 11.7. The molecule has 0 aromatic heterocycles. The summed E-state index contributed by atoms with van der Waals surface area (Å²) in [6, 6.07) is 8.51. The van der Waals surface area contributed by atoms with Gasteiger partial charge in [-0.05, 0) is 55.8 Å². The second-order valence-corrected chi connectivity index (χ2v) is 5.78. The second kappa shape index (κ2) is 7.88. The van der Waals surface area contributed by atoms with Crippen LogP contribution in [0.5, 0.6) is 0 Å². The summed E-state index contributed by atoms with van der Waals surface area (Å²) in [6.07, 6.45) is 4.88. The average Bonchev–Trinajstić information content (AvgIpc) is 3.22. The van der Waals surface area contributed by atoms with Gasteiger partial charge >= 0.3 is 0 Å². The summed E-state index contributed by atoms with van der Waals surface area (Å²) in [7, 11) is 0. The van der Waals surface area contributed by atoms with E-state index in [-0.39, 0.29) is 0 Å². The smallest absolute Gasteiger partial charge is 0.0494 e. The molecule has 1 fully saturated rings. The first kappa shape index (κ1) is 14.8. The number of halogens is 1. The van der Waals surface area contributed by atoms with Gasteiger partial charge in [0.05, 0.1) is 0 Å². The summed E-state index contributed by atoms with van der Waals surface area (Å²) in [5, 5.41) is 4.39. The average molecular weight is 282 g/mol. The Labute approximate surface area is 121 Å². The van der Waals surface area contributed by atoms with Crippen LogP contribution in [0.1, 0.15) is 44.2 Å². The minimum Gasteiger partial charge on any atom is -0.381 e. The molecule has 2 rings (SSSR count). The molecule has 0 bridgehead atoms. The van der Waals surface area contributed by atoms with E-state index in [9.17, 15) is 0 Å². The lowest BCUT2D eigenvalue weighted by molar-refractivity contribution is 0.121. The normalized spacial score (nSPS) is 16.5. The Balaban J connectivity index is 1.64. The maximum absolute atomic E-state index is 6.04. The summed E-state index contributed by atoms with van der Waals surface area (Å²) in [6.45, 7) is 5.03. The van der Waals surface area contributed by atoms with Crippen LogP contribution in [-0.2, 0) is 4.74 Å². The van der Waals surface area contributed by atoms with Crippen molar-refractivity contribution in [3.05, 3.63) is 34.9 Å². The lowest BCUT2D eigenvalue weighted by Gasteiger charge is -2.17. The minimum absolute atomic E-state index is 0.391. The Morgan fingerprint density at radius 3 is 2.95 bits per heavy atom. The fourth-order valence-corrected chi connectivity index (χ4v) is 2.40. The van der Waals surface area contributed by atoms with Crippen molar-refractivity contribution in [2.24, 2.45) is 5.92 Å². The molecule has 1 aromatic rings. The molecule has 0 aliphatic heterocycles. The monoisotopic (exact) mass is 281 g/mol. The van der Waals surface area contributed by atoms with Crippen molar-refractivity contribution in [3.8, 4) is 0 Å². The Morgan fingerprint density at radius 1 is 1.42 bits per heavy atom. The molecule has 1 N–H and O–H groups in total. The third-order valence-electron chi connectivity index (χ3n) is 3.57. The second-order valence-electron chi connectivity index (χ2n) is 5.34. The predicted molar refractivity (Wildman–Crippen MR) is 80.6 cm³/mol. The molecular formula is C16H24ClNO. The first-order valence-corrected chi connectivity index (χ1v) is 7.74. The van der Waals surface area contributed by atoms with Crippen LogP contribution >= 0.6 is 11.6 Å². The molecule has 0 spiro atoms. The number of hydrogen-bond acceptors (Lipinski definition) is 2. The van der Waals surface area contributed by atoms with Gasteiger partial charge in [-0.3, -0.25) is 0 Å². The molecule has 1 aliphatic carbocycles. The van der Waals surface area contributed by atoms with Crippen LogP contribution in [0.2, 0.25) is 5.02 Å². The van der Waals surface area contributed by atoms with Gasteiger partial charge in [0.1, 0.15) is 0 Å². The van der Waals surface area contributed by atoms with Crippen LogP contribution in [0.3, 0.4) is 0 Å². The van der Waals surface area contributed by atoms with Crippen LogP contribution in [0.25, 0.3) is 0 Å². The quantitative estimate of drug-likeness (QED) is 0.685. The lowest BCUT2D eigenvalue weighted by atomic mass is 10.0. The minimum atomic E-state index is 0.391. The van der Waals surface area contributed by atoms with Gasteiger partial charge in [0.15, 0.2) is 0 Å². The largest absolute Gasteiger partial charge is 0.381 e. The first-order chi connectivity index (χ1) is 9.29. The number of hydrogen-bond donors (Lipinski definition) is 1. The molecule has 1 aromatic carbocycles. The van der Waals surface area contributed by atoms with Crippen molar-refractivity contribution in [3.63, 3.8) is 0 Å². The van der Waals surface area contributed by atoms with Crippen LogP contribution in [0, 0.1) is 5.92 Å². The van der Waals surface area contributed by atoms with E-state index in [4.69, 9.17) is 16.3 Å². The van der Waals surface area contributed by atoms with Gasteiger partial charge in [-0.25, -0.2) is 0 Å². The molecular weight excluding hydrogens is 258 g/mol. The van der Waals surface area contributed by atoms with Crippen LogP contribution in [0.4, 0.5) is 0 Å². The van der Waals surface area contributed by atoms with Crippen molar-refractivity contribution in [2.75, 3.05) is 19.8 Å². The molecule has 0 heterocycles. The van der Waals surface area contributed by atoms with Crippen molar-refractivity contribution in [1.29, 1.82) is 0 Å². The highest BCUT2D eigenvalue weighted by atomic mass is 35.5. The zero-order chi connectivity index (χ0) is 13.5. The van der Waals surface area contributed by atoms with E-state index in [1.807, 2.05) is 18.2 Å². The fourth-order valence-electron chi connectivity index (χ4n) is 2.21. The van der Waals surface area contributed by atoms with Gasteiger partial charge in [-0.1, -0.05) is 30.7 Å². The molecule has 1 saturated carbocycles. The zero-order valence-corrected chi connectivity index (χ0v) is 12.5. The van der Waals surface area contributed by atoms with Gasteiger partial charge in [0.25, 0.3) is 0 Å². The third-order valence-corrected chi connectivity index (χ3v) is 3.80. The fraction of sp³-hybridized carbons (Fsp3) is 0.625. The molecule has 19 heavy (non-hydrogen) atoms. The Morgan fingerprint density at radius 2 is 2.26 bits per heavy atom. The van der Waals surface area contributed by atoms with Gasteiger partial charge in [-0.15, -0.1) is 0 Å². The van der Waals surface area contributed by atoms with E-state index in [0.29, 0.717) is 6.04 Å². The molecule has 3 heteroatoms. The highest BCUT2D eigenvalue weighted by molar-refractivity contribution is 6.30. The third kappa shape index (κ3) is 5.52. The van der Waals surface area contributed by atoms with Crippen LogP contribution in [-0.4, -0.2) is 19.8 Å². The highest BCUT2D eigenvalue weighted by Crippen LogP contribution is 2.28. The summed E-state index contributed by atoms with van der Waals surface area (Å²) in [5.74, 6) is 0.864. The standard InChI is InChI=1S/C16H24ClNO/c1-2-16(14-5-3-6-15(17)11-14)18-9-4-10-19-12-13-7-8-13/h3,5-6,11,13,16,18H,2,4,7-10,12H2,1H3. The Kier molecular flexibility index (Phi) is 6.15. The van der Waals surface area contributed by atoms with E-state index >= 15 is 0 Å². The van der Waals surface area contributed by atoms with Crippen molar-refractivity contribution in [1.82, 2.24) is 5.32 Å². The molecule has 0 amide bonds. The summed E-state index contributed by atoms with van der Waals surface area (Å²) in [5.41, 5.74) is 1.27. The molecule has 0 saturated heterocycles. The van der Waals surface area contributed by atoms with Gasteiger partial charge in [-0.2, -0.15) is 0 Å². The summed E-state index contributed by atoms with van der Waals surface area (Å²) >= 11 is 6.04. The van der Waals surface area contributed by atoms with Gasteiger partial charge in [0.2, 0.25) is 0 Å². The molecule has 1 unspecified atom stereocenters. The molecule has 1 atom stereocenters. The molecule has 1 aliphatic rings. The van der Waals surface area contributed by atoms with Crippen molar-refractivity contribution in [2.45, 2.75) is 38.6 Å². The summed E-state index contributed by atoms with van der Waals surface area (Å²) in [4.78, 5) is 0. The topological polar surface area (TPSA) is 21.3 Å². The predicted octanol–water partition coefficient (Wildman–Crippen LogP) is 4.20. The number of ether oxygens (including phenoxy) is 1. The van der Waals surface area contributed by atoms with Crippen molar-refractivity contribution < 1.29 is 4.74 Å². The van der Waals surface area contributed by atoms with E-state index < -0.39 is 0 Å². The van der Waals surface area contributed by atoms with E-state index in [0.717, 1.165) is 43.5 Å². The number of benzene rings is 1. The van der Waals surface area contributed by atoms with Crippen LogP contribution < -0.4 is 5.32 Å². The molecule has 2 nitrogen and oxygen atoms in total. The Bertz CT molecular complexity index is 379. The highest BCUT2D eigenvalue weighted by Gasteiger charge is 2.20. The SMILES string of the molecule is CCC(NCCCOCC1CC1)c1cccc(Cl)c1.